The molecular formula is C17H28N2O7. The maximum atomic E-state index is 12.3. The van der Waals surface area contributed by atoms with Gasteiger partial charge in [0.25, 0.3) is 11.8 Å². The summed E-state index contributed by atoms with van der Waals surface area (Å²) in [6, 6.07) is -1.03. The number of rotatable bonds is 8. The highest BCUT2D eigenvalue weighted by molar-refractivity contribution is 6.01. The van der Waals surface area contributed by atoms with Crippen LogP contribution in [0.15, 0.2) is 0 Å². The zero-order valence-corrected chi connectivity index (χ0v) is 16.0. The molecule has 9 nitrogen and oxygen atoms in total. The molecule has 0 spiro atoms. The standard InChI is InChI=1S/C17H28N2O7/c1-11(2)10-12(15(22)26-19-13(20)6-7-14(19)21)18-16(23)24-8-9-25-17(3,4)5/h11-12H,6-10H2,1-5H3,(H,18,23)/t12-/m0/s1. The summed E-state index contributed by atoms with van der Waals surface area (Å²) in [5.41, 5.74) is -0.349. The van der Waals surface area contributed by atoms with Crippen LogP contribution in [-0.4, -0.2) is 53.8 Å². The Bertz CT molecular complexity index is 524. The molecule has 1 aliphatic heterocycles. The molecule has 26 heavy (non-hydrogen) atoms. The summed E-state index contributed by atoms with van der Waals surface area (Å²) in [7, 11) is 0. The van der Waals surface area contributed by atoms with Gasteiger partial charge < -0.3 is 19.6 Å². The molecular weight excluding hydrogens is 344 g/mol. The summed E-state index contributed by atoms with van der Waals surface area (Å²) in [5, 5.41) is 2.87. The van der Waals surface area contributed by atoms with E-state index in [0.29, 0.717) is 5.06 Å². The van der Waals surface area contributed by atoms with E-state index in [1.807, 2.05) is 34.6 Å². The number of nitrogens with zero attached hydrogens (tertiary/aromatic N) is 1. The number of carbonyl (C=O) groups is 4. The number of hydrogen-bond donors (Lipinski definition) is 1. The van der Waals surface area contributed by atoms with Gasteiger partial charge in [-0.15, -0.1) is 5.06 Å². The molecule has 1 atom stereocenters. The van der Waals surface area contributed by atoms with Crippen molar-refractivity contribution < 1.29 is 33.5 Å². The molecule has 0 aliphatic carbocycles. The topological polar surface area (TPSA) is 111 Å². The number of ether oxygens (including phenoxy) is 2. The Kier molecular flexibility index (Phi) is 8.01. The highest BCUT2D eigenvalue weighted by Gasteiger charge is 2.35. The van der Waals surface area contributed by atoms with Crippen LogP contribution in [0.25, 0.3) is 0 Å². The Labute approximate surface area is 153 Å². The van der Waals surface area contributed by atoms with Crippen molar-refractivity contribution in [1.29, 1.82) is 0 Å². The molecule has 148 valence electrons. The van der Waals surface area contributed by atoms with Crippen molar-refractivity contribution in [3.8, 4) is 0 Å². The van der Waals surface area contributed by atoms with Crippen LogP contribution < -0.4 is 5.32 Å². The van der Waals surface area contributed by atoms with Crippen LogP contribution >= 0.6 is 0 Å². The van der Waals surface area contributed by atoms with Gasteiger partial charge in [0, 0.05) is 12.8 Å². The minimum atomic E-state index is -1.03. The highest BCUT2D eigenvalue weighted by Crippen LogP contribution is 2.14. The van der Waals surface area contributed by atoms with Gasteiger partial charge in [0.2, 0.25) is 0 Å². The molecule has 0 saturated carbocycles. The number of hydroxylamine groups is 2. The minimum absolute atomic E-state index is 0.00417. The average Bonchev–Trinajstić information content (AvgIpc) is 2.81. The van der Waals surface area contributed by atoms with Gasteiger partial charge in [-0.1, -0.05) is 13.8 Å². The molecule has 0 aromatic rings. The molecule has 0 unspecified atom stereocenters. The lowest BCUT2D eigenvalue weighted by atomic mass is 10.0. The molecule has 1 saturated heterocycles. The Morgan fingerprint density at radius 1 is 1.12 bits per heavy atom. The van der Waals surface area contributed by atoms with Crippen molar-refractivity contribution in [1.82, 2.24) is 10.4 Å². The third-order valence-electron chi connectivity index (χ3n) is 3.32. The van der Waals surface area contributed by atoms with Gasteiger partial charge in [-0.2, -0.15) is 0 Å². The second-order valence-corrected chi connectivity index (χ2v) is 7.42. The lowest BCUT2D eigenvalue weighted by molar-refractivity contribution is -0.199. The molecule has 1 fully saturated rings. The first-order chi connectivity index (χ1) is 12.0. The molecule has 0 radical (unpaired) electrons. The first-order valence-electron chi connectivity index (χ1n) is 8.64. The number of amides is 3. The van der Waals surface area contributed by atoms with Crippen LogP contribution in [0, 0.1) is 5.92 Å². The van der Waals surface area contributed by atoms with Gasteiger partial charge >= 0.3 is 12.1 Å². The summed E-state index contributed by atoms with van der Waals surface area (Å²) < 4.78 is 10.4. The Morgan fingerprint density at radius 2 is 1.69 bits per heavy atom. The van der Waals surface area contributed by atoms with Crippen LogP contribution in [0.3, 0.4) is 0 Å². The summed E-state index contributed by atoms with van der Waals surface area (Å²) >= 11 is 0. The zero-order chi connectivity index (χ0) is 19.9. The van der Waals surface area contributed by atoms with Gasteiger partial charge in [0.15, 0.2) is 0 Å². The third kappa shape index (κ3) is 7.81. The lowest BCUT2D eigenvalue weighted by Gasteiger charge is -2.22. The molecule has 0 bridgehead atoms. The summed E-state index contributed by atoms with van der Waals surface area (Å²) in [6.07, 6.45) is -0.527. The van der Waals surface area contributed by atoms with Crippen molar-refractivity contribution >= 4 is 23.9 Å². The van der Waals surface area contributed by atoms with Crippen LogP contribution in [0.1, 0.15) is 53.9 Å². The van der Waals surface area contributed by atoms with Crippen molar-refractivity contribution in [2.45, 2.75) is 65.5 Å². The van der Waals surface area contributed by atoms with E-state index >= 15 is 0 Å². The van der Waals surface area contributed by atoms with E-state index in [1.54, 1.807) is 0 Å². The summed E-state index contributed by atoms with van der Waals surface area (Å²) in [4.78, 5) is 52.1. The van der Waals surface area contributed by atoms with Crippen molar-refractivity contribution in [2.75, 3.05) is 13.2 Å². The molecule has 0 aromatic heterocycles. The molecule has 1 N–H and O–H groups in total. The fraction of sp³-hybridized carbons (Fsp3) is 0.765. The van der Waals surface area contributed by atoms with E-state index in [4.69, 9.17) is 14.3 Å². The quantitative estimate of drug-likeness (QED) is 0.508. The molecule has 1 rings (SSSR count). The van der Waals surface area contributed by atoms with E-state index in [-0.39, 0.29) is 44.0 Å². The Balaban J connectivity index is 2.54. The maximum absolute atomic E-state index is 12.3. The van der Waals surface area contributed by atoms with Crippen LogP contribution in [0.2, 0.25) is 0 Å². The van der Waals surface area contributed by atoms with Gasteiger partial charge in [-0.25, -0.2) is 9.59 Å². The highest BCUT2D eigenvalue weighted by atomic mass is 16.7. The molecule has 9 heteroatoms. The van der Waals surface area contributed by atoms with Crippen molar-refractivity contribution in [3.05, 3.63) is 0 Å². The predicted octanol–water partition coefficient (Wildman–Crippen LogP) is 1.55. The van der Waals surface area contributed by atoms with Gasteiger partial charge in [0.1, 0.15) is 12.6 Å². The normalized spacial score (nSPS) is 16.0. The number of hydrogen-bond acceptors (Lipinski definition) is 7. The first kappa shape index (κ1) is 21.9. The second kappa shape index (κ2) is 9.51. The molecule has 3 amide bonds. The van der Waals surface area contributed by atoms with Crippen LogP contribution in [0.5, 0.6) is 0 Å². The third-order valence-corrected chi connectivity index (χ3v) is 3.32. The largest absolute Gasteiger partial charge is 0.447 e. The van der Waals surface area contributed by atoms with E-state index < -0.39 is 29.9 Å². The number of nitrogens with one attached hydrogen (secondary N) is 1. The lowest BCUT2D eigenvalue weighted by Crippen LogP contribution is -2.46. The second-order valence-electron chi connectivity index (χ2n) is 7.42. The Morgan fingerprint density at radius 3 is 2.19 bits per heavy atom. The van der Waals surface area contributed by atoms with E-state index in [9.17, 15) is 19.2 Å². The smallest absolute Gasteiger partial charge is 0.407 e. The number of imide groups is 1. The average molecular weight is 372 g/mol. The fourth-order valence-corrected chi connectivity index (χ4v) is 2.16. The summed E-state index contributed by atoms with van der Waals surface area (Å²) in [6.45, 7) is 9.59. The first-order valence-corrected chi connectivity index (χ1v) is 8.64. The van der Waals surface area contributed by atoms with Gasteiger partial charge in [0.05, 0.1) is 12.2 Å². The van der Waals surface area contributed by atoms with E-state index in [0.717, 1.165) is 0 Å². The van der Waals surface area contributed by atoms with Crippen molar-refractivity contribution in [2.24, 2.45) is 5.92 Å². The number of alkyl carbamates (subject to hydrolysis) is 1. The van der Waals surface area contributed by atoms with E-state index in [2.05, 4.69) is 5.32 Å². The maximum Gasteiger partial charge on any atom is 0.407 e. The predicted molar refractivity (Wildman–Crippen MR) is 90.6 cm³/mol. The molecule has 1 aliphatic rings. The van der Waals surface area contributed by atoms with Gasteiger partial charge in [-0.05, 0) is 33.1 Å². The Hall–Kier alpha value is -2.16. The minimum Gasteiger partial charge on any atom is -0.447 e. The summed E-state index contributed by atoms with van der Waals surface area (Å²) in [5.74, 6) is -1.98. The van der Waals surface area contributed by atoms with Crippen molar-refractivity contribution in [3.63, 3.8) is 0 Å². The van der Waals surface area contributed by atoms with E-state index in [1.165, 1.54) is 0 Å². The molecule has 1 heterocycles. The molecule has 0 aromatic carbocycles. The number of carbonyl (C=O) groups excluding carboxylic acids is 4. The fourth-order valence-electron chi connectivity index (χ4n) is 2.16. The van der Waals surface area contributed by atoms with Crippen LogP contribution in [0.4, 0.5) is 4.79 Å². The van der Waals surface area contributed by atoms with Crippen LogP contribution in [-0.2, 0) is 28.7 Å². The monoisotopic (exact) mass is 372 g/mol. The zero-order valence-electron chi connectivity index (χ0n) is 16.0. The SMILES string of the molecule is CC(C)C[C@H](NC(=O)OCCOC(C)(C)C)C(=O)ON1C(=O)CCC1=O. The van der Waals surface area contributed by atoms with Gasteiger partial charge in [-0.3, -0.25) is 9.59 Å².